The first-order valence-electron chi connectivity index (χ1n) is 7.75. The number of piperidine rings is 1. The number of benzene rings is 1. The molecule has 1 aliphatic heterocycles. The number of hydrogen-bond acceptors (Lipinski definition) is 3. The van der Waals surface area contributed by atoms with Crippen LogP contribution in [0.1, 0.15) is 32.3 Å². The van der Waals surface area contributed by atoms with Crippen molar-refractivity contribution in [3.63, 3.8) is 0 Å². The van der Waals surface area contributed by atoms with Crippen molar-refractivity contribution in [2.24, 2.45) is 11.8 Å². The third-order valence-corrected chi connectivity index (χ3v) is 3.86. The van der Waals surface area contributed by atoms with Crippen LogP contribution >= 0.6 is 0 Å². The minimum Gasteiger partial charge on any atom is -0.494 e. The second kappa shape index (κ2) is 7.46. The van der Waals surface area contributed by atoms with Crippen LogP contribution in [0.15, 0.2) is 24.3 Å². The SMILES string of the molecule is CCCOc1cccc(CN2CC(C)CC(C(=O)O)C2)c1. The fourth-order valence-corrected chi connectivity index (χ4v) is 2.98. The van der Waals surface area contributed by atoms with E-state index in [-0.39, 0.29) is 5.92 Å². The van der Waals surface area contributed by atoms with Crippen molar-refractivity contribution < 1.29 is 14.6 Å². The van der Waals surface area contributed by atoms with Crippen molar-refractivity contribution >= 4 is 5.97 Å². The Balaban J connectivity index is 1.98. The van der Waals surface area contributed by atoms with E-state index in [2.05, 4.69) is 30.9 Å². The van der Waals surface area contributed by atoms with Gasteiger partial charge in [0.05, 0.1) is 12.5 Å². The molecule has 1 fully saturated rings. The minimum absolute atomic E-state index is 0.242. The maximum atomic E-state index is 11.2. The summed E-state index contributed by atoms with van der Waals surface area (Å²) in [5.41, 5.74) is 1.18. The number of nitrogens with zero attached hydrogens (tertiary/aromatic N) is 1. The Labute approximate surface area is 126 Å². The van der Waals surface area contributed by atoms with Crippen molar-refractivity contribution in [1.82, 2.24) is 4.90 Å². The molecular formula is C17H25NO3. The van der Waals surface area contributed by atoms with Crippen molar-refractivity contribution in [2.45, 2.75) is 33.2 Å². The quantitative estimate of drug-likeness (QED) is 0.875. The summed E-state index contributed by atoms with van der Waals surface area (Å²) in [7, 11) is 0. The molecule has 2 unspecified atom stereocenters. The lowest BCUT2D eigenvalue weighted by atomic mass is 9.90. The zero-order valence-electron chi connectivity index (χ0n) is 12.9. The van der Waals surface area contributed by atoms with E-state index < -0.39 is 5.97 Å². The second-order valence-electron chi connectivity index (χ2n) is 6.07. The highest BCUT2D eigenvalue weighted by Gasteiger charge is 2.29. The summed E-state index contributed by atoms with van der Waals surface area (Å²) in [4.78, 5) is 13.5. The molecule has 0 aromatic heterocycles. The molecule has 1 aliphatic rings. The van der Waals surface area contributed by atoms with Gasteiger partial charge in [0.25, 0.3) is 0 Å². The van der Waals surface area contributed by atoms with Crippen molar-refractivity contribution in [2.75, 3.05) is 19.7 Å². The molecule has 2 rings (SSSR count). The van der Waals surface area contributed by atoms with Crippen LogP contribution < -0.4 is 4.74 Å². The van der Waals surface area contributed by atoms with E-state index in [4.69, 9.17) is 4.74 Å². The molecule has 1 heterocycles. The predicted octanol–water partition coefficient (Wildman–Crippen LogP) is 3.02. The van der Waals surface area contributed by atoms with E-state index >= 15 is 0 Å². The summed E-state index contributed by atoms with van der Waals surface area (Å²) in [5.74, 6) is 0.411. The first-order valence-corrected chi connectivity index (χ1v) is 7.75. The molecule has 0 amide bonds. The lowest BCUT2D eigenvalue weighted by Crippen LogP contribution is -2.41. The topological polar surface area (TPSA) is 49.8 Å². The molecule has 0 radical (unpaired) electrons. The average Bonchev–Trinajstić information content (AvgIpc) is 2.45. The lowest BCUT2D eigenvalue weighted by molar-refractivity contribution is -0.144. The average molecular weight is 291 g/mol. The summed E-state index contributed by atoms with van der Waals surface area (Å²) < 4.78 is 5.65. The van der Waals surface area contributed by atoms with Crippen LogP contribution in [0, 0.1) is 11.8 Å². The van der Waals surface area contributed by atoms with Gasteiger partial charge in [-0.1, -0.05) is 26.0 Å². The van der Waals surface area contributed by atoms with Gasteiger partial charge >= 0.3 is 5.97 Å². The van der Waals surface area contributed by atoms with E-state index in [0.717, 1.165) is 38.3 Å². The first-order chi connectivity index (χ1) is 10.1. The Kier molecular flexibility index (Phi) is 5.62. The maximum Gasteiger partial charge on any atom is 0.307 e. The van der Waals surface area contributed by atoms with Crippen molar-refractivity contribution in [3.05, 3.63) is 29.8 Å². The first kappa shape index (κ1) is 15.8. The van der Waals surface area contributed by atoms with E-state index in [0.29, 0.717) is 12.5 Å². The van der Waals surface area contributed by atoms with Gasteiger partial charge in [-0.05, 0) is 36.5 Å². The number of rotatable bonds is 6. The van der Waals surface area contributed by atoms with Crippen LogP contribution in [0.25, 0.3) is 0 Å². The Hall–Kier alpha value is -1.55. The Morgan fingerprint density at radius 2 is 2.24 bits per heavy atom. The number of ether oxygens (including phenoxy) is 1. The van der Waals surface area contributed by atoms with Crippen LogP contribution in [0.2, 0.25) is 0 Å². The third-order valence-electron chi connectivity index (χ3n) is 3.86. The van der Waals surface area contributed by atoms with Crippen molar-refractivity contribution in [3.8, 4) is 5.75 Å². The van der Waals surface area contributed by atoms with E-state index in [9.17, 15) is 9.90 Å². The van der Waals surface area contributed by atoms with Gasteiger partial charge in [-0.25, -0.2) is 0 Å². The van der Waals surface area contributed by atoms with Crippen LogP contribution in [-0.4, -0.2) is 35.7 Å². The highest BCUT2D eigenvalue weighted by atomic mass is 16.5. The van der Waals surface area contributed by atoms with Gasteiger partial charge in [0.1, 0.15) is 5.75 Å². The number of likely N-dealkylation sites (tertiary alicyclic amines) is 1. The number of carboxylic acid groups (broad SMARTS) is 1. The highest BCUT2D eigenvalue weighted by molar-refractivity contribution is 5.70. The van der Waals surface area contributed by atoms with Gasteiger partial charge in [-0.15, -0.1) is 0 Å². The Bertz CT molecular complexity index is 475. The maximum absolute atomic E-state index is 11.2. The monoisotopic (exact) mass is 291 g/mol. The van der Waals surface area contributed by atoms with Gasteiger partial charge in [-0.2, -0.15) is 0 Å². The number of aliphatic carboxylic acids is 1. The number of carboxylic acids is 1. The molecule has 0 bridgehead atoms. The third kappa shape index (κ3) is 4.74. The smallest absolute Gasteiger partial charge is 0.307 e. The summed E-state index contributed by atoms with van der Waals surface area (Å²) in [6, 6.07) is 8.11. The van der Waals surface area contributed by atoms with Gasteiger partial charge in [-0.3, -0.25) is 9.69 Å². The van der Waals surface area contributed by atoms with Crippen LogP contribution in [-0.2, 0) is 11.3 Å². The van der Waals surface area contributed by atoms with E-state index in [1.54, 1.807) is 0 Å². The molecule has 2 atom stereocenters. The molecule has 0 aliphatic carbocycles. The van der Waals surface area contributed by atoms with Gasteiger partial charge in [0.15, 0.2) is 0 Å². The van der Waals surface area contributed by atoms with Crippen LogP contribution in [0.3, 0.4) is 0 Å². The van der Waals surface area contributed by atoms with Gasteiger partial charge in [0, 0.05) is 19.6 Å². The van der Waals surface area contributed by atoms with Gasteiger partial charge < -0.3 is 9.84 Å². The van der Waals surface area contributed by atoms with Crippen LogP contribution in [0.4, 0.5) is 0 Å². The zero-order chi connectivity index (χ0) is 15.2. The normalized spacial score (nSPS) is 23.0. The molecule has 1 N–H and O–H groups in total. The summed E-state index contributed by atoms with van der Waals surface area (Å²) in [6.45, 7) is 7.33. The standard InChI is InChI=1S/C17H25NO3/c1-3-7-21-16-6-4-5-14(9-16)11-18-10-13(2)8-15(12-18)17(19)20/h4-6,9,13,15H,3,7-8,10-12H2,1-2H3,(H,19,20). The summed E-state index contributed by atoms with van der Waals surface area (Å²) in [6.07, 6.45) is 1.78. The second-order valence-corrected chi connectivity index (χ2v) is 6.07. The molecule has 4 nitrogen and oxygen atoms in total. The molecular weight excluding hydrogens is 266 g/mol. The number of hydrogen-bond donors (Lipinski definition) is 1. The highest BCUT2D eigenvalue weighted by Crippen LogP contribution is 2.24. The minimum atomic E-state index is -0.674. The molecule has 1 saturated heterocycles. The lowest BCUT2D eigenvalue weighted by Gasteiger charge is -2.34. The molecule has 4 heteroatoms. The molecule has 1 aromatic carbocycles. The fourth-order valence-electron chi connectivity index (χ4n) is 2.98. The van der Waals surface area contributed by atoms with Crippen molar-refractivity contribution in [1.29, 1.82) is 0 Å². The molecule has 0 spiro atoms. The zero-order valence-corrected chi connectivity index (χ0v) is 12.9. The van der Waals surface area contributed by atoms with Crippen LogP contribution in [0.5, 0.6) is 5.75 Å². The summed E-state index contributed by atoms with van der Waals surface area (Å²) >= 11 is 0. The molecule has 21 heavy (non-hydrogen) atoms. The molecule has 116 valence electrons. The van der Waals surface area contributed by atoms with E-state index in [1.807, 2.05) is 12.1 Å². The summed E-state index contributed by atoms with van der Waals surface area (Å²) in [5, 5.41) is 9.23. The molecule has 0 saturated carbocycles. The van der Waals surface area contributed by atoms with Gasteiger partial charge in [0.2, 0.25) is 0 Å². The molecule has 1 aromatic rings. The Morgan fingerprint density at radius 1 is 1.43 bits per heavy atom. The number of carbonyl (C=O) groups is 1. The largest absolute Gasteiger partial charge is 0.494 e. The Morgan fingerprint density at radius 3 is 2.95 bits per heavy atom. The predicted molar refractivity (Wildman–Crippen MR) is 82.4 cm³/mol. The fraction of sp³-hybridized carbons (Fsp3) is 0.588. The van der Waals surface area contributed by atoms with E-state index in [1.165, 1.54) is 5.56 Å².